The molecule has 1 heterocycles. The zero-order valence-electron chi connectivity index (χ0n) is 10.9. The van der Waals surface area contributed by atoms with Gasteiger partial charge in [0.25, 0.3) is 0 Å². The van der Waals surface area contributed by atoms with Gasteiger partial charge in [0.15, 0.2) is 11.5 Å². The molecule has 20 heavy (non-hydrogen) atoms. The third kappa shape index (κ3) is 2.45. The van der Waals surface area contributed by atoms with Gasteiger partial charge in [-0.05, 0) is 23.3 Å². The maximum atomic E-state index is 11.4. The number of carbonyl (C=O) groups excluding carboxylic acids is 1. The van der Waals surface area contributed by atoms with Crippen molar-refractivity contribution in [3.63, 3.8) is 0 Å². The van der Waals surface area contributed by atoms with Gasteiger partial charge in [-0.15, -0.1) is 0 Å². The van der Waals surface area contributed by atoms with Crippen molar-refractivity contribution >= 4 is 5.91 Å². The van der Waals surface area contributed by atoms with E-state index in [1.807, 2.05) is 48.5 Å². The Morgan fingerprint density at radius 2 is 1.80 bits per heavy atom. The summed E-state index contributed by atoms with van der Waals surface area (Å²) < 4.78 is 10.7. The van der Waals surface area contributed by atoms with Crippen molar-refractivity contribution in [2.45, 2.75) is 12.3 Å². The van der Waals surface area contributed by atoms with Crippen LogP contribution in [0.4, 0.5) is 0 Å². The lowest BCUT2D eigenvalue weighted by Gasteiger charge is -2.16. The molecule has 0 spiro atoms. The SMILES string of the molecule is NC(=O)C[C@@H](c1ccccc1)c1ccc2c(c1)OCO2. The highest BCUT2D eigenvalue weighted by atomic mass is 16.7. The molecule has 0 aromatic heterocycles. The molecule has 0 saturated heterocycles. The molecule has 2 aromatic carbocycles. The quantitative estimate of drug-likeness (QED) is 0.927. The number of fused-ring (bicyclic) bond motifs is 1. The van der Waals surface area contributed by atoms with Crippen LogP contribution in [0, 0.1) is 0 Å². The van der Waals surface area contributed by atoms with E-state index in [0.717, 1.165) is 16.9 Å². The van der Waals surface area contributed by atoms with Gasteiger partial charge in [-0.1, -0.05) is 36.4 Å². The number of benzene rings is 2. The first-order valence-corrected chi connectivity index (χ1v) is 6.47. The van der Waals surface area contributed by atoms with Crippen LogP contribution in [0.1, 0.15) is 23.5 Å². The molecule has 1 amide bonds. The minimum atomic E-state index is -0.323. The molecule has 0 bridgehead atoms. The van der Waals surface area contributed by atoms with Crippen LogP contribution in [0.3, 0.4) is 0 Å². The molecule has 0 radical (unpaired) electrons. The van der Waals surface area contributed by atoms with Crippen molar-refractivity contribution in [2.24, 2.45) is 5.73 Å². The Hall–Kier alpha value is -2.49. The predicted molar refractivity (Wildman–Crippen MR) is 74.7 cm³/mol. The molecular weight excluding hydrogens is 254 g/mol. The van der Waals surface area contributed by atoms with Crippen LogP contribution in [0.5, 0.6) is 11.5 Å². The molecule has 3 rings (SSSR count). The summed E-state index contributed by atoms with van der Waals surface area (Å²) in [5.74, 6) is 1.06. The number of amides is 1. The van der Waals surface area contributed by atoms with Gasteiger partial charge in [0.2, 0.25) is 12.7 Å². The van der Waals surface area contributed by atoms with E-state index in [1.54, 1.807) is 0 Å². The summed E-state index contributed by atoms with van der Waals surface area (Å²) >= 11 is 0. The van der Waals surface area contributed by atoms with Crippen molar-refractivity contribution in [1.82, 2.24) is 0 Å². The zero-order chi connectivity index (χ0) is 13.9. The Morgan fingerprint density at radius 3 is 2.55 bits per heavy atom. The van der Waals surface area contributed by atoms with Crippen molar-refractivity contribution in [3.8, 4) is 11.5 Å². The molecule has 4 heteroatoms. The van der Waals surface area contributed by atoms with Crippen molar-refractivity contribution in [2.75, 3.05) is 6.79 Å². The third-order valence-electron chi connectivity index (χ3n) is 3.41. The number of hydrogen-bond acceptors (Lipinski definition) is 3. The normalized spacial score (nSPS) is 14.0. The maximum Gasteiger partial charge on any atom is 0.231 e. The maximum absolute atomic E-state index is 11.4. The number of nitrogens with two attached hydrogens (primary N) is 1. The van der Waals surface area contributed by atoms with E-state index in [2.05, 4.69) is 0 Å². The summed E-state index contributed by atoms with van der Waals surface area (Å²) in [6.07, 6.45) is 0.268. The molecule has 2 aromatic rings. The van der Waals surface area contributed by atoms with Gasteiger partial charge < -0.3 is 15.2 Å². The molecule has 0 unspecified atom stereocenters. The fraction of sp³-hybridized carbons (Fsp3) is 0.188. The second kappa shape index (κ2) is 5.25. The monoisotopic (exact) mass is 269 g/mol. The highest BCUT2D eigenvalue weighted by Gasteiger charge is 2.20. The van der Waals surface area contributed by atoms with E-state index in [9.17, 15) is 4.79 Å². The van der Waals surface area contributed by atoms with Crippen molar-refractivity contribution in [3.05, 3.63) is 59.7 Å². The minimum absolute atomic E-state index is 0.0665. The van der Waals surface area contributed by atoms with Crippen LogP contribution < -0.4 is 15.2 Å². The summed E-state index contributed by atoms with van der Waals surface area (Å²) in [4.78, 5) is 11.4. The average Bonchev–Trinajstić information content (AvgIpc) is 2.93. The molecule has 1 aliphatic rings. The van der Waals surface area contributed by atoms with E-state index < -0.39 is 0 Å². The Kier molecular flexibility index (Phi) is 3.29. The van der Waals surface area contributed by atoms with Crippen LogP contribution >= 0.6 is 0 Å². The lowest BCUT2D eigenvalue weighted by Crippen LogP contribution is -2.16. The molecule has 0 aliphatic carbocycles. The summed E-state index contributed by atoms with van der Waals surface area (Å²) in [6.45, 7) is 0.241. The van der Waals surface area contributed by atoms with E-state index in [0.29, 0.717) is 5.75 Å². The highest BCUT2D eigenvalue weighted by Crippen LogP contribution is 2.37. The first-order chi connectivity index (χ1) is 9.74. The van der Waals surface area contributed by atoms with Crippen LogP contribution in [-0.4, -0.2) is 12.7 Å². The second-order valence-corrected chi connectivity index (χ2v) is 4.75. The van der Waals surface area contributed by atoms with Gasteiger partial charge in [-0.2, -0.15) is 0 Å². The van der Waals surface area contributed by atoms with Crippen LogP contribution in [0.15, 0.2) is 48.5 Å². The molecule has 2 N–H and O–H groups in total. The number of rotatable bonds is 4. The number of hydrogen-bond donors (Lipinski definition) is 1. The van der Waals surface area contributed by atoms with Crippen LogP contribution in [0.2, 0.25) is 0 Å². The zero-order valence-corrected chi connectivity index (χ0v) is 10.9. The Labute approximate surface area is 117 Å². The Morgan fingerprint density at radius 1 is 1.05 bits per heavy atom. The first-order valence-electron chi connectivity index (χ1n) is 6.47. The number of carbonyl (C=O) groups is 1. The van der Waals surface area contributed by atoms with Gasteiger partial charge in [-0.25, -0.2) is 0 Å². The predicted octanol–water partition coefficient (Wildman–Crippen LogP) is 2.42. The van der Waals surface area contributed by atoms with Gasteiger partial charge in [-0.3, -0.25) is 4.79 Å². The van der Waals surface area contributed by atoms with E-state index in [1.165, 1.54) is 0 Å². The van der Waals surface area contributed by atoms with Crippen LogP contribution in [0.25, 0.3) is 0 Å². The number of primary amides is 1. The van der Waals surface area contributed by atoms with Crippen molar-refractivity contribution < 1.29 is 14.3 Å². The van der Waals surface area contributed by atoms with Gasteiger partial charge in [0.1, 0.15) is 0 Å². The average molecular weight is 269 g/mol. The van der Waals surface area contributed by atoms with Crippen molar-refractivity contribution in [1.29, 1.82) is 0 Å². The molecule has 102 valence electrons. The molecule has 0 saturated carbocycles. The Bertz CT molecular complexity index is 625. The third-order valence-corrected chi connectivity index (χ3v) is 3.41. The number of ether oxygens (including phenoxy) is 2. The van der Waals surface area contributed by atoms with Gasteiger partial charge in [0.05, 0.1) is 0 Å². The summed E-state index contributed by atoms with van der Waals surface area (Å²) in [7, 11) is 0. The van der Waals surface area contributed by atoms with E-state index in [4.69, 9.17) is 15.2 Å². The second-order valence-electron chi connectivity index (χ2n) is 4.75. The summed E-state index contributed by atoms with van der Waals surface area (Å²) in [5.41, 5.74) is 7.45. The fourth-order valence-electron chi connectivity index (χ4n) is 2.44. The largest absolute Gasteiger partial charge is 0.454 e. The lowest BCUT2D eigenvalue weighted by atomic mass is 9.88. The topological polar surface area (TPSA) is 61.6 Å². The molecular formula is C16H15NO3. The molecule has 1 atom stereocenters. The summed E-state index contributed by atoms with van der Waals surface area (Å²) in [6, 6.07) is 15.6. The lowest BCUT2D eigenvalue weighted by molar-refractivity contribution is -0.118. The van der Waals surface area contributed by atoms with Gasteiger partial charge in [0, 0.05) is 12.3 Å². The first kappa shape index (κ1) is 12.5. The molecule has 1 aliphatic heterocycles. The Balaban J connectivity index is 1.99. The summed E-state index contributed by atoms with van der Waals surface area (Å²) in [5, 5.41) is 0. The van der Waals surface area contributed by atoms with E-state index in [-0.39, 0.29) is 25.0 Å². The smallest absolute Gasteiger partial charge is 0.231 e. The van der Waals surface area contributed by atoms with Crippen LogP contribution in [-0.2, 0) is 4.79 Å². The van der Waals surface area contributed by atoms with E-state index >= 15 is 0 Å². The fourth-order valence-corrected chi connectivity index (χ4v) is 2.44. The molecule has 0 fully saturated rings. The van der Waals surface area contributed by atoms with Gasteiger partial charge >= 0.3 is 0 Å². The minimum Gasteiger partial charge on any atom is -0.454 e. The highest BCUT2D eigenvalue weighted by molar-refractivity contribution is 5.75. The standard InChI is InChI=1S/C16H15NO3/c17-16(18)9-13(11-4-2-1-3-5-11)12-6-7-14-15(8-12)20-10-19-14/h1-8,13H,9-10H2,(H2,17,18)/t13-/m0/s1. The molecule has 4 nitrogen and oxygen atoms in total.